The van der Waals surface area contributed by atoms with Crippen LogP contribution in [0.5, 0.6) is 11.6 Å². The molecule has 6 heteroatoms. The fourth-order valence-corrected chi connectivity index (χ4v) is 1.75. The Balaban J connectivity index is 2.50. The van der Waals surface area contributed by atoms with Gasteiger partial charge in [-0.25, -0.2) is 4.79 Å². The van der Waals surface area contributed by atoms with Crippen LogP contribution in [0.1, 0.15) is 17.4 Å². The number of carboxylic acid groups (broad SMARTS) is 1. The second-order valence-electron chi connectivity index (χ2n) is 3.75. The van der Waals surface area contributed by atoms with E-state index in [9.17, 15) is 4.79 Å². The smallest absolute Gasteiger partial charge is 0.354 e. The molecule has 1 aromatic heterocycles. The molecule has 0 saturated heterocycles. The number of H-pyrrole nitrogens is 1. The average molecular weight is 262 g/mol. The van der Waals surface area contributed by atoms with Gasteiger partial charge in [0.1, 0.15) is 5.75 Å². The first-order chi connectivity index (χ1) is 9.17. The molecule has 0 saturated carbocycles. The van der Waals surface area contributed by atoms with Crippen molar-refractivity contribution in [3.8, 4) is 22.8 Å². The monoisotopic (exact) mass is 262 g/mol. The van der Waals surface area contributed by atoms with E-state index in [0.717, 1.165) is 0 Å². The van der Waals surface area contributed by atoms with Crippen molar-refractivity contribution in [3.63, 3.8) is 0 Å². The molecule has 0 aliphatic carbocycles. The summed E-state index contributed by atoms with van der Waals surface area (Å²) in [5, 5.41) is 15.5. The van der Waals surface area contributed by atoms with E-state index in [1.807, 2.05) is 6.92 Å². The van der Waals surface area contributed by atoms with Gasteiger partial charge in [0.2, 0.25) is 5.88 Å². The number of aromatic nitrogens is 2. The molecule has 2 aromatic rings. The lowest BCUT2D eigenvalue weighted by Crippen LogP contribution is -2.00. The van der Waals surface area contributed by atoms with Crippen LogP contribution in [0.25, 0.3) is 11.1 Å². The van der Waals surface area contributed by atoms with E-state index in [0.29, 0.717) is 23.5 Å². The first-order valence-electron chi connectivity index (χ1n) is 5.76. The van der Waals surface area contributed by atoms with E-state index in [1.54, 1.807) is 31.4 Å². The van der Waals surface area contributed by atoms with Gasteiger partial charge in [0.25, 0.3) is 0 Å². The van der Waals surface area contributed by atoms with Crippen molar-refractivity contribution in [1.82, 2.24) is 10.2 Å². The maximum Gasteiger partial charge on any atom is 0.354 e. The third-order valence-corrected chi connectivity index (χ3v) is 2.61. The zero-order valence-electron chi connectivity index (χ0n) is 10.6. The number of hydrogen-bond acceptors (Lipinski definition) is 4. The molecule has 0 fully saturated rings. The van der Waals surface area contributed by atoms with Gasteiger partial charge >= 0.3 is 5.97 Å². The zero-order valence-corrected chi connectivity index (χ0v) is 10.6. The highest BCUT2D eigenvalue weighted by atomic mass is 16.5. The van der Waals surface area contributed by atoms with Crippen LogP contribution in [-0.4, -0.2) is 35.0 Å². The lowest BCUT2D eigenvalue weighted by Gasteiger charge is -2.05. The maximum atomic E-state index is 11.2. The third-order valence-electron chi connectivity index (χ3n) is 2.61. The van der Waals surface area contributed by atoms with Crippen molar-refractivity contribution in [2.24, 2.45) is 0 Å². The molecule has 0 aliphatic rings. The average Bonchev–Trinajstić information content (AvgIpc) is 2.83. The molecule has 2 N–H and O–H groups in total. The Labute approximate surface area is 110 Å². The summed E-state index contributed by atoms with van der Waals surface area (Å²) in [4.78, 5) is 11.2. The molecule has 0 aliphatic heterocycles. The lowest BCUT2D eigenvalue weighted by molar-refractivity contribution is 0.0691. The predicted molar refractivity (Wildman–Crippen MR) is 68.7 cm³/mol. The number of nitrogens with one attached hydrogen (secondary N) is 1. The molecule has 100 valence electrons. The topological polar surface area (TPSA) is 84.4 Å². The Hall–Kier alpha value is -2.50. The van der Waals surface area contributed by atoms with Crippen LogP contribution in [0, 0.1) is 0 Å². The van der Waals surface area contributed by atoms with Crippen molar-refractivity contribution < 1.29 is 19.4 Å². The van der Waals surface area contributed by atoms with E-state index in [4.69, 9.17) is 14.6 Å². The second kappa shape index (κ2) is 5.43. The van der Waals surface area contributed by atoms with Crippen molar-refractivity contribution >= 4 is 5.97 Å². The Morgan fingerprint density at radius 1 is 1.37 bits per heavy atom. The van der Waals surface area contributed by atoms with Gasteiger partial charge in [-0.3, -0.25) is 5.10 Å². The molecular formula is C13H14N2O4. The van der Waals surface area contributed by atoms with Crippen LogP contribution in [0.2, 0.25) is 0 Å². The minimum atomic E-state index is -1.08. The number of aromatic amines is 1. The summed E-state index contributed by atoms with van der Waals surface area (Å²) in [5.41, 5.74) is 1.15. The van der Waals surface area contributed by atoms with Crippen LogP contribution in [-0.2, 0) is 0 Å². The lowest BCUT2D eigenvalue weighted by atomic mass is 10.1. The van der Waals surface area contributed by atoms with Crippen molar-refractivity contribution in [2.75, 3.05) is 13.7 Å². The van der Waals surface area contributed by atoms with Gasteiger partial charge in [-0.05, 0) is 24.6 Å². The molecule has 0 unspecified atom stereocenters. The molecule has 0 spiro atoms. The molecule has 1 aromatic carbocycles. The fraction of sp³-hybridized carbons (Fsp3) is 0.231. The molecule has 19 heavy (non-hydrogen) atoms. The van der Waals surface area contributed by atoms with Crippen LogP contribution in [0.15, 0.2) is 24.3 Å². The van der Waals surface area contributed by atoms with E-state index < -0.39 is 5.97 Å². The minimum Gasteiger partial charge on any atom is -0.497 e. The number of methoxy groups -OCH3 is 1. The summed E-state index contributed by atoms with van der Waals surface area (Å²) in [5.74, 6) is -0.101. The molecule has 0 bridgehead atoms. The highest BCUT2D eigenvalue weighted by molar-refractivity contribution is 5.95. The van der Waals surface area contributed by atoms with Crippen LogP contribution in [0.3, 0.4) is 0 Å². The molecular weight excluding hydrogens is 248 g/mol. The quantitative estimate of drug-likeness (QED) is 0.862. The standard InChI is InChI=1S/C13H14N2O4/c1-3-19-12-10(11(13(16)17)14-15-12)8-4-6-9(18-2)7-5-8/h4-7H,3H2,1-2H3,(H,14,15)(H,16,17). The van der Waals surface area contributed by atoms with Gasteiger partial charge in [0.05, 0.1) is 19.3 Å². The summed E-state index contributed by atoms with van der Waals surface area (Å²) >= 11 is 0. The number of carboxylic acids is 1. The summed E-state index contributed by atoms with van der Waals surface area (Å²) in [6, 6.07) is 7.03. The molecule has 2 rings (SSSR count). The van der Waals surface area contributed by atoms with Crippen LogP contribution < -0.4 is 9.47 Å². The highest BCUT2D eigenvalue weighted by Crippen LogP contribution is 2.32. The normalized spacial score (nSPS) is 10.2. The first kappa shape index (κ1) is 12.9. The fourth-order valence-electron chi connectivity index (χ4n) is 1.75. The Kier molecular flexibility index (Phi) is 3.70. The summed E-state index contributed by atoms with van der Waals surface area (Å²) < 4.78 is 10.4. The van der Waals surface area contributed by atoms with Gasteiger partial charge in [-0.15, -0.1) is 5.10 Å². The summed E-state index contributed by atoms with van der Waals surface area (Å²) in [6.45, 7) is 2.22. The number of nitrogens with zero attached hydrogens (tertiary/aromatic N) is 1. The van der Waals surface area contributed by atoms with Gasteiger partial charge in [0, 0.05) is 0 Å². The summed E-state index contributed by atoms with van der Waals surface area (Å²) in [6.07, 6.45) is 0. The molecule has 0 atom stereocenters. The second-order valence-corrected chi connectivity index (χ2v) is 3.75. The first-order valence-corrected chi connectivity index (χ1v) is 5.76. The number of benzene rings is 1. The van der Waals surface area contributed by atoms with E-state index >= 15 is 0 Å². The largest absolute Gasteiger partial charge is 0.497 e. The van der Waals surface area contributed by atoms with Gasteiger partial charge in [-0.1, -0.05) is 12.1 Å². The van der Waals surface area contributed by atoms with Crippen molar-refractivity contribution in [1.29, 1.82) is 0 Å². The molecule has 1 heterocycles. The number of carbonyl (C=O) groups is 1. The Morgan fingerprint density at radius 3 is 2.58 bits per heavy atom. The minimum absolute atomic E-state index is 0.00798. The SMILES string of the molecule is CCOc1n[nH]c(C(=O)O)c1-c1ccc(OC)cc1. The van der Waals surface area contributed by atoms with Crippen LogP contribution >= 0.6 is 0 Å². The van der Waals surface area contributed by atoms with Gasteiger partial charge in [0.15, 0.2) is 5.69 Å². The third kappa shape index (κ3) is 2.52. The highest BCUT2D eigenvalue weighted by Gasteiger charge is 2.21. The molecule has 0 radical (unpaired) electrons. The number of hydrogen-bond donors (Lipinski definition) is 2. The number of aromatic carboxylic acids is 1. The number of ether oxygens (including phenoxy) is 2. The number of rotatable bonds is 5. The van der Waals surface area contributed by atoms with Crippen molar-refractivity contribution in [2.45, 2.75) is 6.92 Å². The molecule has 6 nitrogen and oxygen atoms in total. The van der Waals surface area contributed by atoms with Gasteiger partial charge in [-0.2, -0.15) is 0 Å². The van der Waals surface area contributed by atoms with Crippen LogP contribution in [0.4, 0.5) is 0 Å². The molecule has 0 amide bonds. The van der Waals surface area contributed by atoms with Gasteiger partial charge < -0.3 is 14.6 Å². The summed E-state index contributed by atoms with van der Waals surface area (Å²) in [7, 11) is 1.57. The zero-order chi connectivity index (χ0) is 13.8. The van der Waals surface area contributed by atoms with E-state index in [1.165, 1.54) is 0 Å². The van der Waals surface area contributed by atoms with E-state index in [2.05, 4.69) is 10.2 Å². The maximum absolute atomic E-state index is 11.2. The predicted octanol–water partition coefficient (Wildman–Crippen LogP) is 2.18. The Bertz CT molecular complexity index is 575. The van der Waals surface area contributed by atoms with E-state index in [-0.39, 0.29) is 11.6 Å². The van der Waals surface area contributed by atoms with Crippen molar-refractivity contribution in [3.05, 3.63) is 30.0 Å². The Morgan fingerprint density at radius 2 is 2.05 bits per heavy atom.